The smallest absolute Gasteiger partial charge is 0.542 e. The van der Waals surface area contributed by atoms with Crippen molar-refractivity contribution in [2.45, 2.75) is 0 Å². The molecule has 2 aromatic heterocycles. The van der Waals surface area contributed by atoms with E-state index in [1.807, 2.05) is 0 Å². The fraction of sp³-hybridized carbons (Fsp3) is 0.200. The Labute approximate surface area is 123 Å². The first-order valence-electron chi connectivity index (χ1n) is 4.80. The largest absolute Gasteiger partial charge is 2.00 e. The van der Waals surface area contributed by atoms with Crippen LogP contribution in [0.5, 0.6) is 0 Å². The maximum atomic E-state index is 10.1. The second-order valence-electron chi connectivity index (χ2n) is 3.30. The average Bonchev–Trinajstić information content (AvgIpc) is 2.87. The maximum absolute atomic E-state index is 10.1. The standard InChI is InChI=1S/2C5H6N2O2.Pt/c2*1-7-3-2-6-4(7)5(8)9;/h2*2-3H,1H3,(H,8,9);/q;;+2/p-2. The predicted molar refractivity (Wildman–Crippen MR) is 55.1 cm³/mol. The van der Waals surface area contributed by atoms with Crippen molar-refractivity contribution in [1.29, 1.82) is 0 Å². The molecule has 0 aromatic carbocycles. The van der Waals surface area contributed by atoms with Crippen molar-refractivity contribution >= 4 is 11.9 Å². The van der Waals surface area contributed by atoms with Crippen molar-refractivity contribution in [2.24, 2.45) is 14.1 Å². The molecule has 0 unspecified atom stereocenters. The van der Waals surface area contributed by atoms with Crippen molar-refractivity contribution in [2.75, 3.05) is 0 Å². The van der Waals surface area contributed by atoms with Crippen LogP contribution >= 0.6 is 0 Å². The molecule has 0 N–H and O–H groups in total. The third-order valence-corrected chi connectivity index (χ3v) is 2.01. The summed E-state index contributed by atoms with van der Waals surface area (Å²) in [4.78, 5) is 27.2. The molecule has 104 valence electrons. The Morgan fingerprint density at radius 2 is 1.26 bits per heavy atom. The van der Waals surface area contributed by atoms with Crippen molar-refractivity contribution < 1.29 is 40.9 Å². The Bertz CT molecular complexity index is 513. The Morgan fingerprint density at radius 1 is 0.947 bits per heavy atom. The molecule has 0 bridgehead atoms. The van der Waals surface area contributed by atoms with E-state index in [4.69, 9.17) is 0 Å². The molecular weight excluding hydrogens is 435 g/mol. The number of carboxylic acids is 2. The van der Waals surface area contributed by atoms with E-state index < -0.39 is 11.9 Å². The summed E-state index contributed by atoms with van der Waals surface area (Å²) in [6.07, 6.45) is 5.91. The zero-order chi connectivity index (χ0) is 13.7. The van der Waals surface area contributed by atoms with Gasteiger partial charge in [-0.25, -0.2) is 9.97 Å². The quantitative estimate of drug-likeness (QED) is 0.508. The molecule has 2 aromatic rings. The van der Waals surface area contributed by atoms with Gasteiger partial charge in [0.2, 0.25) is 0 Å². The monoisotopic (exact) mass is 445 g/mol. The molecule has 0 amide bonds. The van der Waals surface area contributed by atoms with Crippen LogP contribution in [0.15, 0.2) is 24.8 Å². The van der Waals surface area contributed by atoms with Crippen LogP contribution in [0.1, 0.15) is 21.2 Å². The summed E-state index contributed by atoms with van der Waals surface area (Å²) < 4.78 is 2.77. The number of hydrogen-bond donors (Lipinski definition) is 0. The van der Waals surface area contributed by atoms with Gasteiger partial charge in [0, 0.05) is 38.9 Å². The molecule has 0 aliphatic carbocycles. The fourth-order valence-electron chi connectivity index (χ4n) is 1.12. The number of aryl methyl sites for hydroxylation is 2. The second kappa shape index (κ2) is 7.48. The number of nitrogens with zero attached hydrogens (tertiary/aromatic N) is 4. The number of rotatable bonds is 2. The van der Waals surface area contributed by atoms with E-state index in [1.54, 1.807) is 26.5 Å². The van der Waals surface area contributed by atoms with Gasteiger partial charge in [-0.3, -0.25) is 0 Å². The van der Waals surface area contributed by atoms with Gasteiger partial charge in [0.05, 0.1) is 0 Å². The summed E-state index contributed by atoms with van der Waals surface area (Å²) in [5.41, 5.74) is 0. The molecule has 0 saturated carbocycles. The fourth-order valence-corrected chi connectivity index (χ4v) is 1.12. The zero-order valence-corrected chi connectivity index (χ0v) is 12.3. The molecule has 0 aliphatic heterocycles. The van der Waals surface area contributed by atoms with Crippen molar-refractivity contribution in [1.82, 2.24) is 19.1 Å². The van der Waals surface area contributed by atoms with Crippen molar-refractivity contribution in [3.8, 4) is 0 Å². The van der Waals surface area contributed by atoms with E-state index in [0.29, 0.717) is 0 Å². The van der Waals surface area contributed by atoms with Gasteiger partial charge in [0.25, 0.3) is 0 Å². The Hall–Kier alpha value is -1.95. The maximum Gasteiger partial charge on any atom is 2.00 e. The Kier molecular flexibility index (Phi) is 6.71. The first-order chi connectivity index (χ1) is 8.43. The van der Waals surface area contributed by atoms with Crippen molar-refractivity contribution in [3.63, 3.8) is 0 Å². The average molecular weight is 445 g/mol. The number of hydrogen-bond acceptors (Lipinski definition) is 6. The summed E-state index contributed by atoms with van der Waals surface area (Å²) in [6.45, 7) is 0. The van der Waals surface area contributed by atoms with E-state index in [0.717, 1.165) is 0 Å². The van der Waals surface area contributed by atoms with Gasteiger partial charge in [-0.1, -0.05) is 0 Å². The van der Waals surface area contributed by atoms with Crippen LogP contribution in [-0.4, -0.2) is 31.0 Å². The molecule has 8 nitrogen and oxygen atoms in total. The summed E-state index contributed by atoms with van der Waals surface area (Å²) in [5.74, 6) is -2.59. The van der Waals surface area contributed by atoms with E-state index in [1.165, 1.54) is 21.5 Å². The molecule has 2 heterocycles. The number of imidazole rings is 2. The minimum Gasteiger partial charge on any atom is -0.542 e. The third kappa shape index (κ3) is 4.67. The first kappa shape index (κ1) is 17.0. The summed E-state index contributed by atoms with van der Waals surface area (Å²) in [6, 6.07) is 0. The van der Waals surface area contributed by atoms with Gasteiger partial charge in [-0.05, 0) is 0 Å². The van der Waals surface area contributed by atoms with Gasteiger partial charge in [0.15, 0.2) is 11.6 Å². The van der Waals surface area contributed by atoms with Gasteiger partial charge < -0.3 is 28.9 Å². The minimum absolute atomic E-state index is 0. The minimum atomic E-state index is -1.25. The molecule has 0 spiro atoms. The van der Waals surface area contributed by atoms with E-state index in [9.17, 15) is 19.8 Å². The van der Waals surface area contributed by atoms with E-state index in [-0.39, 0.29) is 32.7 Å². The number of aromatic nitrogens is 4. The van der Waals surface area contributed by atoms with Gasteiger partial charge >= 0.3 is 21.1 Å². The van der Waals surface area contributed by atoms with E-state index >= 15 is 0 Å². The van der Waals surface area contributed by atoms with Gasteiger partial charge in [-0.15, -0.1) is 0 Å². The molecule has 0 radical (unpaired) electrons. The summed E-state index contributed by atoms with van der Waals surface area (Å²) >= 11 is 0. The molecule has 0 fully saturated rings. The molecule has 19 heavy (non-hydrogen) atoms. The normalized spacial score (nSPS) is 8.95. The van der Waals surface area contributed by atoms with Crippen LogP contribution in [0.4, 0.5) is 0 Å². The Morgan fingerprint density at radius 3 is 1.37 bits per heavy atom. The van der Waals surface area contributed by atoms with Crippen LogP contribution in [0.3, 0.4) is 0 Å². The Balaban J connectivity index is 0.000000324. The summed E-state index contributed by atoms with van der Waals surface area (Å²) in [5, 5.41) is 20.2. The molecule has 2 rings (SSSR count). The zero-order valence-electron chi connectivity index (χ0n) is 10.0. The number of carboxylic acid groups (broad SMARTS) is 2. The van der Waals surface area contributed by atoms with Crippen LogP contribution in [0.2, 0.25) is 0 Å². The topological polar surface area (TPSA) is 116 Å². The molecule has 9 heteroatoms. The number of aromatic carboxylic acids is 2. The third-order valence-electron chi connectivity index (χ3n) is 2.01. The first-order valence-corrected chi connectivity index (χ1v) is 4.80. The summed E-state index contributed by atoms with van der Waals surface area (Å²) in [7, 11) is 3.19. The molecule has 0 saturated heterocycles. The molecular formula is C10H10N4O4Pt. The van der Waals surface area contributed by atoms with Gasteiger partial charge in [-0.2, -0.15) is 0 Å². The van der Waals surface area contributed by atoms with Crippen molar-refractivity contribution in [3.05, 3.63) is 36.4 Å². The SMILES string of the molecule is Cn1ccnc1C(=O)[O-].Cn1ccnc1C(=O)[O-].[Pt+2]. The second-order valence-corrected chi connectivity index (χ2v) is 3.30. The van der Waals surface area contributed by atoms with E-state index in [2.05, 4.69) is 9.97 Å². The number of carbonyl (C=O) groups excluding carboxylic acids is 2. The molecule has 0 aliphatic rings. The van der Waals surface area contributed by atoms with Crippen LogP contribution in [0, 0.1) is 0 Å². The predicted octanol–water partition coefficient (Wildman–Crippen LogP) is -2.44. The van der Waals surface area contributed by atoms with Gasteiger partial charge in [0.1, 0.15) is 11.9 Å². The molecule has 0 atom stereocenters. The van der Waals surface area contributed by atoms with Crippen LogP contribution < -0.4 is 10.2 Å². The number of carbonyl (C=O) groups is 2. The van der Waals surface area contributed by atoms with Crippen LogP contribution in [-0.2, 0) is 35.2 Å². The van der Waals surface area contributed by atoms with Crippen LogP contribution in [0.25, 0.3) is 0 Å².